The lowest BCUT2D eigenvalue weighted by Gasteiger charge is -2.39. The van der Waals surface area contributed by atoms with Crippen LogP contribution in [0.2, 0.25) is 0 Å². The zero-order valence-electron chi connectivity index (χ0n) is 33.0. The molecule has 0 unspecified atom stereocenters. The minimum absolute atomic E-state index is 0.146. The van der Waals surface area contributed by atoms with Crippen LogP contribution in [0.3, 0.4) is 0 Å². The summed E-state index contributed by atoms with van der Waals surface area (Å²) in [6, 6.07) is 71.0. The van der Waals surface area contributed by atoms with Crippen LogP contribution in [0.4, 0.5) is 0 Å². The zero-order chi connectivity index (χ0) is 42.1. The van der Waals surface area contributed by atoms with E-state index in [4.69, 9.17) is 7.26 Å². The van der Waals surface area contributed by atoms with Gasteiger partial charge in [0.25, 0.3) is 0 Å². The molecule has 6 nitrogen and oxygen atoms in total. The first-order valence-corrected chi connectivity index (χ1v) is 25.0. The molecule has 0 N–H and O–H groups in total. The van der Waals surface area contributed by atoms with Crippen molar-refractivity contribution in [1.29, 1.82) is 0 Å². The molecule has 0 radical (unpaired) electrons. The van der Waals surface area contributed by atoms with E-state index in [-0.39, 0.29) is 9.79 Å². The highest BCUT2D eigenvalue weighted by molar-refractivity contribution is 8.33. The Balaban J connectivity index is 0.000000181. The Kier molecular flexibility index (Phi) is 13.2. The van der Waals surface area contributed by atoms with Gasteiger partial charge in [-0.25, -0.2) is 7.26 Å². The van der Waals surface area contributed by atoms with Crippen molar-refractivity contribution in [2.75, 3.05) is 0 Å². The van der Waals surface area contributed by atoms with Gasteiger partial charge in [0.1, 0.15) is 0 Å². The Bertz CT molecular complexity index is 2420. The van der Waals surface area contributed by atoms with E-state index in [2.05, 4.69) is 0 Å². The van der Waals surface area contributed by atoms with Crippen molar-refractivity contribution in [2.24, 2.45) is 0 Å². The lowest BCUT2D eigenvalue weighted by molar-refractivity contribution is 0.506. The van der Waals surface area contributed by atoms with Crippen LogP contribution in [0.25, 0.3) is 0 Å². The van der Waals surface area contributed by atoms with E-state index in [1.807, 2.05) is 196 Å². The van der Waals surface area contributed by atoms with Crippen LogP contribution in [0.15, 0.2) is 270 Å². The van der Waals surface area contributed by atoms with Gasteiger partial charge < -0.3 is 0 Å². The Morgan fingerprint density at radius 2 is 0.433 bits per heavy atom. The molecule has 8 rings (SSSR count). The second kappa shape index (κ2) is 18.7. The highest BCUT2D eigenvalue weighted by Crippen LogP contribution is 2.71. The van der Waals surface area contributed by atoms with E-state index in [9.17, 15) is 16.8 Å². The average molecular weight is 869 g/mol. The van der Waals surface area contributed by atoms with Crippen molar-refractivity contribution in [1.82, 2.24) is 0 Å². The predicted octanol–water partition coefficient (Wildman–Crippen LogP) is 13.2. The minimum Gasteiger partial charge on any atom is -0.203 e. The normalized spacial score (nSPS) is 12.4. The van der Waals surface area contributed by atoms with Gasteiger partial charge in [0, 0.05) is 29.4 Å². The summed E-state index contributed by atoms with van der Waals surface area (Å²) >= 11 is 0. The lowest BCUT2D eigenvalue weighted by Crippen LogP contribution is -2.14. The minimum atomic E-state index is -4.04. The van der Waals surface area contributed by atoms with Crippen molar-refractivity contribution in [3.05, 3.63) is 242 Å². The zero-order valence-corrected chi connectivity index (χ0v) is 36.3. The van der Waals surface area contributed by atoms with Crippen molar-refractivity contribution in [3.8, 4) is 0 Å². The first kappa shape index (κ1) is 42.4. The van der Waals surface area contributed by atoms with Crippen LogP contribution >= 0.6 is 20.6 Å². The van der Waals surface area contributed by atoms with Gasteiger partial charge in [-0.1, -0.05) is 145 Å². The molecule has 0 fully saturated rings. The van der Waals surface area contributed by atoms with Gasteiger partial charge in [-0.2, -0.15) is 16.8 Å². The van der Waals surface area contributed by atoms with Crippen LogP contribution < -0.4 is 0 Å². The predicted molar refractivity (Wildman–Crippen MR) is 242 cm³/mol. The van der Waals surface area contributed by atoms with E-state index < -0.39 is 40.9 Å². The van der Waals surface area contributed by atoms with Crippen molar-refractivity contribution in [3.63, 3.8) is 0 Å². The van der Waals surface area contributed by atoms with Gasteiger partial charge in [-0.3, -0.25) is 0 Å². The fourth-order valence-electron chi connectivity index (χ4n) is 6.48. The Morgan fingerprint density at radius 1 is 0.250 bits per heavy atom. The molecular formula is C50H44O6S4. The Labute approximate surface area is 357 Å². The summed E-state index contributed by atoms with van der Waals surface area (Å²) in [6.07, 6.45) is 0. The molecule has 0 aliphatic rings. The molecule has 10 heteroatoms. The average Bonchev–Trinajstić information content (AvgIpc) is 3.30. The van der Waals surface area contributed by atoms with E-state index in [0.29, 0.717) is 0 Å². The van der Waals surface area contributed by atoms with Gasteiger partial charge in [0.15, 0.2) is 0 Å². The maximum Gasteiger partial charge on any atom is 0.307 e. The molecule has 0 bridgehead atoms. The summed E-state index contributed by atoms with van der Waals surface area (Å²) in [6.45, 7) is 3.84. The largest absolute Gasteiger partial charge is 0.307 e. The van der Waals surface area contributed by atoms with Crippen molar-refractivity contribution >= 4 is 40.9 Å². The molecule has 0 aromatic heterocycles. The third-order valence-electron chi connectivity index (χ3n) is 9.45. The highest BCUT2D eigenvalue weighted by atomic mass is 32.3. The lowest BCUT2D eigenvalue weighted by atomic mass is 10.2. The number of aryl methyl sites for hydroxylation is 2. The summed E-state index contributed by atoms with van der Waals surface area (Å²) < 4.78 is 66.4. The molecule has 8 aromatic rings. The van der Waals surface area contributed by atoms with Crippen molar-refractivity contribution in [2.45, 2.75) is 53.0 Å². The first-order chi connectivity index (χ1) is 29.0. The molecule has 0 amide bonds. The standard InChI is InChI=1S/2C25H22O3S2/c2*1-21-17-19-25(20-18-21)30(26,27)28-29(22-11-5-2-6-12-22,23-13-7-3-8-14-23)24-15-9-4-10-16-24/h2*2-20H,1H3. The fraction of sp³-hybridized carbons (Fsp3) is 0.0400. The Morgan fingerprint density at radius 3 is 0.617 bits per heavy atom. The van der Waals surface area contributed by atoms with Crippen LogP contribution in [-0.4, -0.2) is 16.8 Å². The number of benzene rings is 8. The van der Waals surface area contributed by atoms with E-state index in [0.717, 1.165) is 40.5 Å². The number of hydrogen-bond donors (Lipinski definition) is 0. The second-order valence-corrected chi connectivity index (χ2v) is 22.6. The topological polar surface area (TPSA) is 86.7 Å². The highest BCUT2D eigenvalue weighted by Gasteiger charge is 2.39. The number of rotatable bonds is 12. The van der Waals surface area contributed by atoms with Crippen LogP contribution in [0, 0.1) is 13.8 Å². The number of hydrogen-bond acceptors (Lipinski definition) is 6. The molecule has 0 saturated carbocycles. The maximum absolute atomic E-state index is 13.5. The maximum atomic E-state index is 13.5. The SMILES string of the molecule is Cc1ccc(S(=O)(=O)OS(c2ccccc2)(c2ccccc2)c2ccccc2)cc1.Cc1ccc(S(=O)(=O)OS(c2ccccc2)(c2ccccc2)c2ccccc2)cc1. The van der Waals surface area contributed by atoms with Crippen LogP contribution in [-0.2, 0) is 27.5 Å². The van der Waals surface area contributed by atoms with Gasteiger partial charge in [0.2, 0.25) is 0 Å². The summed E-state index contributed by atoms with van der Waals surface area (Å²) in [5.41, 5.74) is 1.98. The van der Waals surface area contributed by atoms with Crippen molar-refractivity contribution < 1.29 is 24.1 Å². The fourth-order valence-corrected chi connectivity index (χ4v) is 17.0. The summed E-state index contributed by atoms with van der Waals surface area (Å²) in [7, 11) is -13.2. The molecule has 0 atom stereocenters. The van der Waals surface area contributed by atoms with Gasteiger partial charge >= 0.3 is 20.2 Å². The third-order valence-corrected chi connectivity index (χ3v) is 19.8. The Hall–Kier alpha value is -5.72. The monoisotopic (exact) mass is 868 g/mol. The van der Waals surface area contributed by atoms with E-state index in [1.165, 1.54) is 0 Å². The van der Waals surface area contributed by atoms with Crippen LogP contribution in [0.1, 0.15) is 11.1 Å². The molecule has 0 heterocycles. The van der Waals surface area contributed by atoms with E-state index >= 15 is 0 Å². The van der Waals surface area contributed by atoms with Gasteiger partial charge in [0.05, 0.1) is 9.79 Å². The first-order valence-electron chi connectivity index (χ1n) is 19.1. The molecular weight excluding hydrogens is 825 g/mol. The summed E-state index contributed by atoms with van der Waals surface area (Å²) in [5, 5.41) is 0. The quantitative estimate of drug-likeness (QED) is 0.122. The van der Waals surface area contributed by atoms with Gasteiger partial charge in [-0.15, -0.1) is 0 Å². The molecule has 304 valence electrons. The third kappa shape index (κ3) is 9.19. The molecule has 60 heavy (non-hydrogen) atoms. The van der Waals surface area contributed by atoms with E-state index in [1.54, 1.807) is 48.5 Å². The molecule has 0 aliphatic carbocycles. The second-order valence-electron chi connectivity index (χ2n) is 13.7. The smallest absolute Gasteiger partial charge is 0.203 e. The summed E-state index contributed by atoms with van der Waals surface area (Å²) in [4.78, 5) is 5.20. The molecule has 8 aromatic carbocycles. The summed E-state index contributed by atoms with van der Waals surface area (Å²) in [5.74, 6) is 0. The molecule has 0 aliphatic heterocycles. The van der Waals surface area contributed by atoms with Crippen LogP contribution in [0.5, 0.6) is 0 Å². The molecule has 0 spiro atoms. The molecule has 0 saturated heterocycles. The van der Waals surface area contributed by atoms with Gasteiger partial charge in [-0.05, 0) is 132 Å².